The Kier molecular flexibility index (Phi) is 4.19. The van der Waals surface area contributed by atoms with E-state index >= 15 is 0 Å². The van der Waals surface area contributed by atoms with Crippen LogP contribution >= 0.6 is 0 Å². The molecule has 0 aromatic carbocycles. The van der Waals surface area contributed by atoms with Crippen LogP contribution in [0.5, 0.6) is 0 Å². The normalized spacial score (nSPS) is 10.4. The van der Waals surface area contributed by atoms with Gasteiger partial charge in [-0.2, -0.15) is 0 Å². The van der Waals surface area contributed by atoms with Gasteiger partial charge < -0.3 is 10.0 Å². The van der Waals surface area contributed by atoms with E-state index in [0.29, 0.717) is 18.3 Å². The Morgan fingerprint density at radius 3 is 2.67 bits per heavy atom. The second-order valence-electron chi connectivity index (χ2n) is 4.40. The molecule has 7 nitrogen and oxygen atoms in total. The Morgan fingerprint density at radius 2 is 2.22 bits per heavy atom. The monoisotopic (exact) mass is 253 g/mol. The van der Waals surface area contributed by atoms with Crippen LogP contribution in [0, 0.1) is 16.0 Å². The Labute approximate surface area is 104 Å². The van der Waals surface area contributed by atoms with Crippen molar-refractivity contribution in [1.29, 1.82) is 0 Å². The lowest BCUT2D eigenvalue weighted by atomic mass is 10.2. The minimum Gasteiger partial charge on any atom is -0.477 e. The summed E-state index contributed by atoms with van der Waals surface area (Å²) in [7, 11) is 1.76. The van der Waals surface area contributed by atoms with Gasteiger partial charge in [-0.05, 0) is 5.92 Å². The number of anilines is 1. The molecule has 0 aliphatic heterocycles. The van der Waals surface area contributed by atoms with Crippen molar-refractivity contribution in [3.05, 3.63) is 27.9 Å². The van der Waals surface area contributed by atoms with E-state index in [4.69, 9.17) is 5.11 Å². The van der Waals surface area contributed by atoms with Gasteiger partial charge >= 0.3 is 11.7 Å². The van der Waals surface area contributed by atoms with Crippen molar-refractivity contribution >= 4 is 17.5 Å². The number of rotatable bonds is 5. The molecule has 1 rings (SSSR count). The lowest BCUT2D eigenvalue weighted by molar-refractivity contribution is -0.385. The Balaban J connectivity index is 3.15. The molecule has 1 aromatic heterocycles. The molecule has 7 heteroatoms. The zero-order valence-corrected chi connectivity index (χ0v) is 10.5. The van der Waals surface area contributed by atoms with Gasteiger partial charge in [-0.25, -0.2) is 9.78 Å². The number of aromatic carboxylic acids is 1. The van der Waals surface area contributed by atoms with Gasteiger partial charge in [0.15, 0.2) is 0 Å². The van der Waals surface area contributed by atoms with Crippen molar-refractivity contribution < 1.29 is 14.8 Å². The highest BCUT2D eigenvalue weighted by atomic mass is 16.6. The van der Waals surface area contributed by atoms with Crippen LogP contribution in [0.1, 0.15) is 24.2 Å². The third-order valence-electron chi connectivity index (χ3n) is 2.33. The molecule has 0 unspecified atom stereocenters. The van der Waals surface area contributed by atoms with Crippen LogP contribution in [0.25, 0.3) is 0 Å². The van der Waals surface area contributed by atoms with Gasteiger partial charge in [-0.3, -0.25) is 10.1 Å². The highest BCUT2D eigenvalue weighted by Crippen LogP contribution is 2.22. The summed E-state index contributed by atoms with van der Waals surface area (Å²) in [6.07, 6.45) is 0.982. The average Bonchev–Trinajstić information content (AvgIpc) is 2.26. The van der Waals surface area contributed by atoms with E-state index in [0.717, 1.165) is 6.20 Å². The van der Waals surface area contributed by atoms with Crippen molar-refractivity contribution in [2.75, 3.05) is 18.5 Å². The van der Waals surface area contributed by atoms with Crippen LogP contribution in [-0.4, -0.2) is 34.6 Å². The minimum atomic E-state index is -1.33. The van der Waals surface area contributed by atoms with Gasteiger partial charge in [0, 0.05) is 19.7 Å². The molecule has 18 heavy (non-hydrogen) atoms. The second-order valence-corrected chi connectivity index (χ2v) is 4.40. The SMILES string of the molecule is CC(C)CN(C)c1cc(C(=O)O)c([N+](=O)[O-])cn1. The molecule has 1 heterocycles. The predicted molar refractivity (Wildman–Crippen MR) is 66.0 cm³/mol. The molecule has 0 amide bonds. The zero-order chi connectivity index (χ0) is 13.9. The number of pyridine rings is 1. The van der Waals surface area contributed by atoms with E-state index in [-0.39, 0.29) is 5.56 Å². The first-order chi connectivity index (χ1) is 8.32. The molecule has 1 N–H and O–H groups in total. The van der Waals surface area contributed by atoms with Crippen LogP contribution < -0.4 is 4.90 Å². The van der Waals surface area contributed by atoms with Crippen LogP contribution in [0.3, 0.4) is 0 Å². The molecule has 0 fully saturated rings. The molecule has 0 atom stereocenters. The van der Waals surface area contributed by atoms with E-state index in [9.17, 15) is 14.9 Å². The third-order valence-corrected chi connectivity index (χ3v) is 2.33. The molecule has 0 aliphatic rings. The summed E-state index contributed by atoms with van der Waals surface area (Å²) in [5.74, 6) is -0.546. The fourth-order valence-corrected chi connectivity index (χ4v) is 1.60. The van der Waals surface area contributed by atoms with E-state index < -0.39 is 16.6 Å². The fraction of sp³-hybridized carbons (Fsp3) is 0.455. The van der Waals surface area contributed by atoms with Crippen molar-refractivity contribution in [3.8, 4) is 0 Å². The third kappa shape index (κ3) is 3.16. The zero-order valence-electron chi connectivity index (χ0n) is 10.5. The van der Waals surface area contributed by atoms with Gasteiger partial charge in [-0.15, -0.1) is 0 Å². The Bertz CT molecular complexity index is 473. The van der Waals surface area contributed by atoms with Crippen LogP contribution in [-0.2, 0) is 0 Å². The first-order valence-electron chi connectivity index (χ1n) is 5.41. The Morgan fingerprint density at radius 1 is 1.61 bits per heavy atom. The molecule has 0 saturated heterocycles. The maximum atomic E-state index is 11.0. The quantitative estimate of drug-likeness (QED) is 0.634. The predicted octanol–water partition coefficient (Wildman–Crippen LogP) is 1.78. The van der Waals surface area contributed by atoms with Crippen molar-refractivity contribution in [2.45, 2.75) is 13.8 Å². The summed E-state index contributed by atoms with van der Waals surface area (Å²) in [4.78, 5) is 26.6. The molecule has 0 spiro atoms. The molecule has 0 radical (unpaired) electrons. The van der Waals surface area contributed by atoms with Crippen LogP contribution in [0.15, 0.2) is 12.3 Å². The lowest BCUT2D eigenvalue weighted by Crippen LogP contribution is -2.24. The molecule has 1 aromatic rings. The van der Waals surface area contributed by atoms with E-state index in [1.807, 2.05) is 13.8 Å². The van der Waals surface area contributed by atoms with Gasteiger partial charge in [0.1, 0.15) is 17.6 Å². The topological polar surface area (TPSA) is 96.6 Å². The number of carbonyl (C=O) groups is 1. The van der Waals surface area contributed by atoms with Crippen LogP contribution in [0.2, 0.25) is 0 Å². The number of nitrogens with zero attached hydrogens (tertiary/aromatic N) is 3. The number of carboxylic acid groups (broad SMARTS) is 1. The number of nitro groups is 1. The number of carboxylic acids is 1. The largest absolute Gasteiger partial charge is 0.477 e. The molecule has 0 bridgehead atoms. The molecular formula is C11H15N3O4. The van der Waals surface area contributed by atoms with E-state index in [1.54, 1.807) is 11.9 Å². The first-order valence-corrected chi connectivity index (χ1v) is 5.41. The summed E-state index contributed by atoms with van der Waals surface area (Å²) in [6, 6.07) is 1.23. The lowest BCUT2D eigenvalue weighted by Gasteiger charge is -2.20. The van der Waals surface area contributed by atoms with Crippen molar-refractivity contribution in [3.63, 3.8) is 0 Å². The minimum absolute atomic E-state index is 0.347. The number of hydrogen-bond donors (Lipinski definition) is 1. The van der Waals surface area contributed by atoms with Gasteiger partial charge in [-0.1, -0.05) is 13.8 Å². The van der Waals surface area contributed by atoms with E-state index in [2.05, 4.69) is 4.98 Å². The highest BCUT2D eigenvalue weighted by Gasteiger charge is 2.22. The van der Waals surface area contributed by atoms with Crippen LogP contribution in [0.4, 0.5) is 11.5 Å². The average molecular weight is 253 g/mol. The van der Waals surface area contributed by atoms with Gasteiger partial charge in [0.25, 0.3) is 0 Å². The van der Waals surface area contributed by atoms with Crippen molar-refractivity contribution in [2.24, 2.45) is 5.92 Å². The Hall–Kier alpha value is -2.18. The molecular weight excluding hydrogens is 238 g/mol. The van der Waals surface area contributed by atoms with E-state index in [1.165, 1.54) is 6.07 Å². The fourth-order valence-electron chi connectivity index (χ4n) is 1.60. The summed E-state index contributed by atoms with van der Waals surface area (Å²) in [6.45, 7) is 4.71. The highest BCUT2D eigenvalue weighted by molar-refractivity contribution is 5.93. The second kappa shape index (κ2) is 5.44. The summed E-state index contributed by atoms with van der Waals surface area (Å²) in [5.41, 5.74) is -0.843. The number of hydrogen-bond acceptors (Lipinski definition) is 5. The molecule has 0 aliphatic carbocycles. The summed E-state index contributed by atoms with van der Waals surface area (Å²) in [5, 5.41) is 19.6. The maximum absolute atomic E-state index is 11.0. The molecule has 98 valence electrons. The smallest absolute Gasteiger partial charge is 0.342 e. The standard InChI is InChI=1S/C11H15N3O4/c1-7(2)6-13(3)10-4-8(11(15)16)9(5-12-10)14(17)18/h4-5,7H,6H2,1-3H3,(H,15,16). The van der Waals surface area contributed by atoms with Gasteiger partial charge in [0.2, 0.25) is 0 Å². The maximum Gasteiger partial charge on any atom is 0.342 e. The van der Waals surface area contributed by atoms with Gasteiger partial charge in [0.05, 0.1) is 4.92 Å². The van der Waals surface area contributed by atoms with Crippen molar-refractivity contribution in [1.82, 2.24) is 4.98 Å². The summed E-state index contributed by atoms with van der Waals surface area (Å²) < 4.78 is 0. The molecule has 0 saturated carbocycles. The number of aromatic nitrogens is 1. The summed E-state index contributed by atoms with van der Waals surface area (Å²) >= 11 is 0. The first kappa shape index (κ1) is 13.9.